The number of hydrogen-bond acceptors (Lipinski definition) is 6. The van der Waals surface area contributed by atoms with Crippen LogP contribution in [0.1, 0.15) is 58.1 Å². The van der Waals surface area contributed by atoms with Gasteiger partial charge in [0.15, 0.2) is 11.5 Å². The number of methoxy groups -OCH3 is 1. The molecule has 1 atom stereocenters. The van der Waals surface area contributed by atoms with Crippen molar-refractivity contribution in [1.29, 1.82) is 0 Å². The van der Waals surface area contributed by atoms with Gasteiger partial charge in [-0.05, 0) is 50.5 Å². The lowest BCUT2D eigenvalue weighted by atomic mass is 10.1. The Balaban J connectivity index is 1.56. The van der Waals surface area contributed by atoms with E-state index in [0.29, 0.717) is 55.0 Å². The number of aromatic nitrogens is 2. The van der Waals surface area contributed by atoms with Gasteiger partial charge in [-0.25, -0.2) is 14.6 Å². The SMILES string of the molecule is CCCCCOc1cc(N2CCCN(Cc3ccnc4c3c(Cl)cn4C(C)C(=O)OCC)C2=O)ccc1OC. The van der Waals surface area contributed by atoms with E-state index < -0.39 is 6.04 Å². The van der Waals surface area contributed by atoms with Gasteiger partial charge in [-0.1, -0.05) is 31.4 Å². The molecule has 0 radical (unpaired) electrons. The maximum absolute atomic E-state index is 13.7. The van der Waals surface area contributed by atoms with Crippen molar-refractivity contribution in [1.82, 2.24) is 14.5 Å². The van der Waals surface area contributed by atoms with Crippen LogP contribution in [0.2, 0.25) is 5.02 Å². The van der Waals surface area contributed by atoms with Gasteiger partial charge in [0, 0.05) is 49.2 Å². The highest BCUT2D eigenvalue weighted by Crippen LogP contribution is 2.35. The molecule has 0 aliphatic carbocycles. The van der Waals surface area contributed by atoms with E-state index in [0.717, 1.165) is 42.3 Å². The van der Waals surface area contributed by atoms with Crippen LogP contribution in [-0.2, 0) is 16.1 Å². The summed E-state index contributed by atoms with van der Waals surface area (Å²) in [5.41, 5.74) is 2.22. The Hall–Kier alpha value is -3.46. The van der Waals surface area contributed by atoms with Crippen LogP contribution in [0, 0.1) is 0 Å². The molecule has 210 valence electrons. The molecule has 3 aromatic rings. The maximum Gasteiger partial charge on any atom is 0.328 e. The number of fused-ring (bicyclic) bond motifs is 1. The summed E-state index contributed by atoms with van der Waals surface area (Å²) in [7, 11) is 1.61. The molecule has 1 unspecified atom stereocenters. The number of carbonyl (C=O) groups is 2. The highest BCUT2D eigenvalue weighted by atomic mass is 35.5. The molecule has 39 heavy (non-hydrogen) atoms. The summed E-state index contributed by atoms with van der Waals surface area (Å²) in [4.78, 5) is 34.1. The number of anilines is 1. The Labute approximate surface area is 234 Å². The van der Waals surface area contributed by atoms with Gasteiger partial charge in [0.2, 0.25) is 0 Å². The molecule has 3 heterocycles. The van der Waals surface area contributed by atoms with E-state index in [4.69, 9.17) is 25.8 Å². The van der Waals surface area contributed by atoms with E-state index in [1.54, 1.807) is 42.8 Å². The van der Waals surface area contributed by atoms with E-state index in [1.165, 1.54) is 0 Å². The number of halogens is 1. The van der Waals surface area contributed by atoms with Crippen LogP contribution >= 0.6 is 11.6 Å². The molecule has 9 nitrogen and oxygen atoms in total. The summed E-state index contributed by atoms with van der Waals surface area (Å²) in [6.07, 6.45) is 7.37. The fourth-order valence-electron chi connectivity index (χ4n) is 4.85. The molecule has 2 aromatic heterocycles. The molecule has 1 aromatic carbocycles. The number of ether oxygens (including phenoxy) is 3. The molecular weight excluding hydrogens is 520 g/mol. The van der Waals surface area contributed by atoms with Gasteiger partial charge >= 0.3 is 12.0 Å². The number of urea groups is 1. The zero-order valence-corrected chi connectivity index (χ0v) is 23.9. The number of pyridine rings is 1. The first-order valence-corrected chi connectivity index (χ1v) is 13.9. The van der Waals surface area contributed by atoms with Crippen molar-refractivity contribution < 1.29 is 23.8 Å². The van der Waals surface area contributed by atoms with Crippen molar-refractivity contribution in [2.75, 3.05) is 38.3 Å². The Morgan fingerprint density at radius 2 is 1.97 bits per heavy atom. The van der Waals surface area contributed by atoms with Crippen molar-refractivity contribution in [2.24, 2.45) is 0 Å². The van der Waals surface area contributed by atoms with Gasteiger partial charge in [0.05, 0.1) is 25.3 Å². The van der Waals surface area contributed by atoms with E-state index in [9.17, 15) is 9.59 Å². The molecule has 1 aliphatic rings. The first-order chi connectivity index (χ1) is 18.9. The Bertz CT molecular complexity index is 1310. The minimum absolute atomic E-state index is 0.0937. The van der Waals surface area contributed by atoms with E-state index in [2.05, 4.69) is 11.9 Å². The normalized spacial score (nSPS) is 14.5. The Kier molecular flexibility index (Phi) is 9.56. The van der Waals surface area contributed by atoms with Gasteiger partial charge in [-0.2, -0.15) is 0 Å². The van der Waals surface area contributed by atoms with Crippen LogP contribution in [0.25, 0.3) is 11.0 Å². The molecule has 0 N–H and O–H groups in total. The third-order valence-electron chi connectivity index (χ3n) is 6.93. The summed E-state index contributed by atoms with van der Waals surface area (Å²) in [6.45, 7) is 8.16. The van der Waals surface area contributed by atoms with Crippen molar-refractivity contribution in [3.8, 4) is 11.5 Å². The van der Waals surface area contributed by atoms with Crippen LogP contribution in [0.4, 0.5) is 10.5 Å². The highest BCUT2D eigenvalue weighted by Gasteiger charge is 2.29. The monoisotopic (exact) mass is 556 g/mol. The highest BCUT2D eigenvalue weighted by molar-refractivity contribution is 6.35. The Morgan fingerprint density at radius 1 is 1.15 bits per heavy atom. The largest absolute Gasteiger partial charge is 0.493 e. The van der Waals surface area contributed by atoms with Crippen molar-refractivity contribution in [2.45, 2.75) is 59.0 Å². The first-order valence-electron chi connectivity index (χ1n) is 13.6. The summed E-state index contributed by atoms with van der Waals surface area (Å²) < 4.78 is 18.4. The van der Waals surface area contributed by atoms with Crippen LogP contribution in [0.3, 0.4) is 0 Å². The van der Waals surface area contributed by atoms with Crippen molar-refractivity contribution in [3.05, 3.63) is 47.2 Å². The van der Waals surface area contributed by atoms with Gasteiger partial charge < -0.3 is 23.7 Å². The molecule has 1 saturated heterocycles. The summed E-state index contributed by atoms with van der Waals surface area (Å²) >= 11 is 6.64. The molecular formula is C29H37ClN4O5. The first kappa shape index (κ1) is 28.5. The number of nitrogens with zero attached hydrogens (tertiary/aromatic N) is 4. The average Bonchev–Trinajstić information content (AvgIpc) is 3.29. The fourth-order valence-corrected chi connectivity index (χ4v) is 5.16. The molecule has 1 fully saturated rings. The fraction of sp³-hybridized carbons (Fsp3) is 0.483. The van der Waals surface area contributed by atoms with Crippen LogP contribution in [0.5, 0.6) is 11.5 Å². The van der Waals surface area contributed by atoms with E-state index in [1.807, 2.05) is 29.2 Å². The summed E-state index contributed by atoms with van der Waals surface area (Å²) in [5, 5.41) is 1.21. The number of amides is 2. The number of benzene rings is 1. The zero-order chi connectivity index (χ0) is 27.9. The predicted molar refractivity (Wildman–Crippen MR) is 152 cm³/mol. The molecule has 10 heteroatoms. The van der Waals surface area contributed by atoms with E-state index >= 15 is 0 Å². The second-order valence-corrected chi connectivity index (χ2v) is 9.99. The van der Waals surface area contributed by atoms with Crippen LogP contribution < -0.4 is 14.4 Å². The second kappa shape index (κ2) is 13.1. The lowest BCUT2D eigenvalue weighted by molar-refractivity contribution is -0.146. The quantitative estimate of drug-likeness (QED) is 0.194. The summed E-state index contributed by atoms with van der Waals surface area (Å²) in [5.74, 6) is 0.927. The average molecular weight is 557 g/mol. The molecule has 0 spiro atoms. The van der Waals surface area contributed by atoms with Crippen molar-refractivity contribution in [3.63, 3.8) is 0 Å². The topological polar surface area (TPSA) is 86.1 Å². The Morgan fingerprint density at radius 3 is 2.72 bits per heavy atom. The molecule has 0 saturated carbocycles. The number of unbranched alkanes of at least 4 members (excludes halogenated alkanes) is 2. The molecule has 2 amide bonds. The zero-order valence-electron chi connectivity index (χ0n) is 23.1. The van der Waals surface area contributed by atoms with E-state index in [-0.39, 0.29) is 12.0 Å². The number of rotatable bonds is 12. The lowest BCUT2D eigenvalue weighted by Gasteiger charge is -2.36. The van der Waals surface area contributed by atoms with Crippen LogP contribution in [0.15, 0.2) is 36.7 Å². The van der Waals surface area contributed by atoms with Crippen molar-refractivity contribution >= 4 is 40.3 Å². The lowest BCUT2D eigenvalue weighted by Crippen LogP contribution is -2.49. The third kappa shape index (κ3) is 6.24. The smallest absolute Gasteiger partial charge is 0.328 e. The van der Waals surface area contributed by atoms with Gasteiger partial charge in [0.25, 0.3) is 0 Å². The van der Waals surface area contributed by atoms with Crippen LogP contribution in [-0.4, -0.2) is 59.9 Å². The predicted octanol–water partition coefficient (Wildman–Crippen LogP) is 6.22. The maximum atomic E-state index is 13.7. The minimum atomic E-state index is -0.580. The second-order valence-electron chi connectivity index (χ2n) is 9.58. The van der Waals surface area contributed by atoms with Gasteiger partial charge in [-0.15, -0.1) is 0 Å². The van der Waals surface area contributed by atoms with Gasteiger partial charge in [0.1, 0.15) is 11.7 Å². The third-order valence-corrected chi connectivity index (χ3v) is 7.22. The van der Waals surface area contributed by atoms with Gasteiger partial charge in [-0.3, -0.25) is 4.90 Å². The number of carbonyl (C=O) groups excluding carboxylic acids is 2. The standard InChI is InChI=1S/C29H37ClN4O5/c1-5-7-8-16-39-25-17-22(10-11-24(25)37-4)33-15-9-14-32(29(33)36)18-21-12-13-31-27-26(21)23(30)19-34(27)20(3)28(35)38-6-2/h10-13,17,19-20H,5-9,14-16,18H2,1-4H3. The minimum Gasteiger partial charge on any atom is -0.493 e. The summed E-state index contributed by atoms with van der Waals surface area (Å²) in [6, 6.07) is 6.81. The molecule has 4 rings (SSSR count). The number of esters is 1. The number of hydrogen-bond donors (Lipinski definition) is 0. The molecule has 0 bridgehead atoms. The molecule has 1 aliphatic heterocycles.